The van der Waals surface area contributed by atoms with Crippen LogP contribution >= 0.6 is 27.5 Å². The zero-order valence-corrected chi connectivity index (χ0v) is 12.6. The third-order valence-electron chi connectivity index (χ3n) is 2.97. The van der Waals surface area contributed by atoms with Crippen molar-refractivity contribution in [2.24, 2.45) is 0 Å². The molecule has 0 saturated heterocycles. The van der Waals surface area contributed by atoms with E-state index in [4.69, 9.17) is 11.6 Å². The summed E-state index contributed by atoms with van der Waals surface area (Å²) >= 11 is 9.58. The normalized spacial score (nSPS) is 12.5. The molecular weight excluding hydrogens is 334 g/mol. The van der Waals surface area contributed by atoms with Crippen LogP contribution < -0.4 is 0 Å². The number of benzene rings is 2. The fraction of sp³-hybridized carbons (Fsp3) is 0.200. The van der Waals surface area contributed by atoms with Crippen molar-refractivity contribution in [1.82, 2.24) is 0 Å². The van der Waals surface area contributed by atoms with Crippen LogP contribution in [0.1, 0.15) is 21.5 Å². The van der Waals surface area contributed by atoms with Gasteiger partial charge in [0.15, 0.2) is 0 Å². The Morgan fingerprint density at radius 2 is 1.89 bits per heavy atom. The summed E-state index contributed by atoms with van der Waals surface area (Å²) in [5, 5.41) is 0.682. The molecule has 0 fully saturated rings. The van der Waals surface area contributed by atoms with Crippen LogP contribution in [0.5, 0.6) is 0 Å². The first-order valence-electron chi connectivity index (χ1n) is 5.81. The molecule has 0 N–H and O–H groups in total. The predicted molar refractivity (Wildman–Crippen MR) is 77.9 cm³/mol. The van der Waals surface area contributed by atoms with Gasteiger partial charge >= 0.3 is 0 Å². The average molecular weight is 346 g/mol. The van der Waals surface area contributed by atoms with Gasteiger partial charge in [0, 0.05) is 15.9 Å². The van der Waals surface area contributed by atoms with E-state index in [1.807, 2.05) is 25.1 Å². The van der Waals surface area contributed by atoms with Crippen LogP contribution in [0.15, 0.2) is 36.4 Å². The van der Waals surface area contributed by atoms with Crippen LogP contribution in [0.4, 0.5) is 8.78 Å². The van der Waals surface area contributed by atoms with Crippen molar-refractivity contribution in [3.05, 3.63) is 69.7 Å². The highest BCUT2D eigenvalue weighted by Gasteiger charge is 2.13. The molecule has 0 saturated carbocycles. The zero-order chi connectivity index (χ0) is 14.0. The molecule has 2 aromatic rings. The van der Waals surface area contributed by atoms with Gasteiger partial charge in [-0.05, 0) is 42.2 Å². The van der Waals surface area contributed by atoms with Gasteiger partial charge in [0.2, 0.25) is 0 Å². The van der Waals surface area contributed by atoms with E-state index >= 15 is 0 Å². The lowest BCUT2D eigenvalue weighted by Crippen LogP contribution is -1.99. The molecule has 0 spiro atoms. The summed E-state index contributed by atoms with van der Waals surface area (Å²) in [5.41, 5.74) is 2.44. The van der Waals surface area contributed by atoms with Crippen LogP contribution in [-0.2, 0) is 6.42 Å². The van der Waals surface area contributed by atoms with Gasteiger partial charge in [-0.25, -0.2) is 8.78 Å². The monoisotopic (exact) mass is 344 g/mol. The van der Waals surface area contributed by atoms with Crippen molar-refractivity contribution in [3.63, 3.8) is 0 Å². The Morgan fingerprint density at radius 1 is 1.16 bits per heavy atom. The van der Waals surface area contributed by atoms with Crippen LogP contribution in [0.25, 0.3) is 0 Å². The molecule has 1 atom stereocenters. The molecule has 0 nitrogen and oxygen atoms in total. The van der Waals surface area contributed by atoms with Gasteiger partial charge < -0.3 is 0 Å². The molecular formula is C15H12BrClF2. The maximum Gasteiger partial charge on any atom is 0.129 e. The topological polar surface area (TPSA) is 0 Å². The predicted octanol–water partition coefficient (Wildman–Crippen LogP) is 5.61. The summed E-state index contributed by atoms with van der Waals surface area (Å²) in [6.07, 6.45) is 0.436. The minimum absolute atomic E-state index is 0.0643. The molecule has 0 amide bonds. The summed E-state index contributed by atoms with van der Waals surface area (Å²) in [4.78, 5) is -0.0643. The molecule has 100 valence electrons. The fourth-order valence-electron chi connectivity index (χ4n) is 1.80. The number of hydrogen-bond acceptors (Lipinski definition) is 0. The second-order valence-corrected chi connectivity index (χ2v) is 5.93. The Labute approximate surface area is 124 Å². The second-order valence-electron chi connectivity index (χ2n) is 4.42. The van der Waals surface area contributed by atoms with Crippen molar-refractivity contribution >= 4 is 27.5 Å². The molecule has 2 rings (SSSR count). The Kier molecular flexibility index (Phi) is 4.58. The number of halogens is 4. The number of hydrogen-bond donors (Lipinski definition) is 0. The molecule has 0 radical (unpaired) electrons. The molecule has 1 unspecified atom stereocenters. The highest BCUT2D eigenvalue weighted by molar-refractivity contribution is 9.09. The fourth-order valence-corrected chi connectivity index (χ4v) is 2.62. The minimum atomic E-state index is -0.564. The van der Waals surface area contributed by atoms with E-state index in [0.717, 1.165) is 17.2 Å². The molecule has 0 bridgehead atoms. The third kappa shape index (κ3) is 3.54. The van der Waals surface area contributed by atoms with Gasteiger partial charge in [-0.2, -0.15) is 0 Å². The maximum absolute atomic E-state index is 13.6. The van der Waals surface area contributed by atoms with E-state index in [2.05, 4.69) is 15.9 Å². The van der Waals surface area contributed by atoms with Gasteiger partial charge in [-0.15, -0.1) is 0 Å². The summed E-state index contributed by atoms with van der Waals surface area (Å²) in [6, 6.07) is 9.36. The van der Waals surface area contributed by atoms with Crippen molar-refractivity contribution in [2.75, 3.05) is 0 Å². The van der Waals surface area contributed by atoms with Crippen molar-refractivity contribution in [1.29, 1.82) is 0 Å². The smallest absolute Gasteiger partial charge is 0.129 e. The van der Waals surface area contributed by atoms with Crippen LogP contribution in [-0.4, -0.2) is 0 Å². The Balaban J connectivity index is 2.20. The van der Waals surface area contributed by atoms with Crippen molar-refractivity contribution < 1.29 is 8.78 Å². The first-order valence-corrected chi connectivity index (χ1v) is 7.11. The van der Waals surface area contributed by atoms with E-state index in [9.17, 15) is 8.78 Å². The van der Waals surface area contributed by atoms with Crippen LogP contribution in [0, 0.1) is 18.6 Å². The summed E-state index contributed by atoms with van der Waals surface area (Å²) in [7, 11) is 0. The first kappa shape index (κ1) is 14.5. The van der Waals surface area contributed by atoms with E-state index < -0.39 is 11.6 Å². The van der Waals surface area contributed by atoms with E-state index in [1.165, 1.54) is 12.1 Å². The summed E-state index contributed by atoms with van der Waals surface area (Å²) < 4.78 is 26.4. The van der Waals surface area contributed by atoms with E-state index in [-0.39, 0.29) is 4.83 Å². The number of rotatable bonds is 3. The van der Waals surface area contributed by atoms with Crippen molar-refractivity contribution in [2.45, 2.75) is 18.2 Å². The van der Waals surface area contributed by atoms with E-state index in [1.54, 1.807) is 0 Å². The SMILES string of the molecule is Cc1ccc(C(Br)Cc2ccc(F)cc2F)cc1Cl. The average Bonchev–Trinajstić information content (AvgIpc) is 2.36. The molecule has 0 heterocycles. The number of alkyl halides is 1. The van der Waals surface area contributed by atoms with Crippen LogP contribution in [0.3, 0.4) is 0 Å². The molecule has 0 aromatic heterocycles. The highest BCUT2D eigenvalue weighted by Crippen LogP contribution is 2.30. The molecule has 0 aliphatic rings. The standard InChI is InChI=1S/C15H12BrClF2/c1-9-2-3-10(7-14(9)17)13(16)6-11-4-5-12(18)8-15(11)19/h2-5,7-8,13H,6H2,1H3. The summed E-state index contributed by atoms with van der Waals surface area (Å²) in [5.74, 6) is -1.09. The lowest BCUT2D eigenvalue weighted by atomic mass is 10.0. The lowest BCUT2D eigenvalue weighted by Gasteiger charge is -2.12. The van der Waals surface area contributed by atoms with Gasteiger partial charge in [-0.3, -0.25) is 0 Å². The van der Waals surface area contributed by atoms with Crippen LogP contribution in [0.2, 0.25) is 5.02 Å². The molecule has 2 aromatic carbocycles. The molecule has 0 aliphatic heterocycles. The van der Waals surface area contributed by atoms with Gasteiger partial charge in [0.1, 0.15) is 11.6 Å². The zero-order valence-electron chi connectivity index (χ0n) is 10.3. The minimum Gasteiger partial charge on any atom is -0.207 e. The molecule has 4 heteroatoms. The number of aryl methyl sites for hydroxylation is 1. The maximum atomic E-state index is 13.6. The van der Waals surface area contributed by atoms with Gasteiger partial charge in [0.25, 0.3) is 0 Å². The molecule has 19 heavy (non-hydrogen) atoms. The quantitative estimate of drug-likeness (QED) is 0.635. The van der Waals surface area contributed by atoms with E-state index in [0.29, 0.717) is 17.0 Å². The Bertz CT molecular complexity index is 599. The van der Waals surface area contributed by atoms with Gasteiger partial charge in [0.05, 0.1) is 0 Å². The summed E-state index contributed by atoms with van der Waals surface area (Å²) in [6.45, 7) is 1.93. The van der Waals surface area contributed by atoms with Gasteiger partial charge in [-0.1, -0.05) is 45.7 Å². The molecule has 0 aliphatic carbocycles. The second kappa shape index (κ2) is 6.02. The highest BCUT2D eigenvalue weighted by atomic mass is 79.9. The lowest BCUT2D eigenvalue weighted by molar-refractivity contribution is 0.571. The van der Waals surface area contributed by atoms with Crippen molar-refractivity contribution in [3.8, 4) is 0 Å². The Hall–Kier alpha value is -0.930. The largest absolute Gasteiger partial charge is 0.207 e. The third-order valence-corrected chi connectivity index (χ3v) is 4.23. The Morgan fingerprint density at radius 3 is 2.53 bits per heavy atom. The first-order chi connectivity index (χ1) is 8.97.